The van der Waals surface area contributed by atoms with Crippen LogP contribution in [0.4, 0.5) is 10.5 Å². The van der Waals surface area contributed by atoms with Gasteiger partial charge in [0.25, 0.3) is 0 Å². The number of hydrogen-bond donors (Lipinski definition) is 1. The molecule has 1 N–H and O–H groups in total. The maximum absolute atomic E-state index is 12.5. The van der Waals surface area contributed by atoms with Gasteiger partial charge in [0.1, 0.15) is 13.2 Å². The molecule has 0 radical (unpaired) electrons. The Labute approximate surface area is 146 Å². The van der Waals surface area contributed by atoms with Crippen molar-refractivity contribution in [1.29, 1.82) is 0 Å². The molecule has 0 aliphatic carbocycles. The van der Waals surface area contributed by atoms with Gasteiger partial charge in [-0.2, -0.15) is 0 Å². The van der Waals surface area contributed by atoms with Gasteiger partial charge in [-0.15, -0.1) is 0 Å². The van der Waals surface area contributed by atoms with Gasteiger partial charge < -0.3 is 19.7 Å². The number of carbonyl (C=O) groups excluding carboxylic acids is 1. The molecular formula is C20H20N2O3. The molecule has 0 saturated carbocycles. The fourth-order valence-corrected chi connectivity index (χ4v) is 3.09. The summed E-state index contributed by atoms with van der Waals surface area (Å²) in [7, 11) is 0. The first-order valence-electron chi connectivity index (χ1n) is 8.49. The number of ether oxygens (including phenoxy) is 2. The van der Waals surface area contributed by atoms with Crippen LogP contribution in [0.5, 0.6) is 11.5 Å². The van der Waals surface area contributed by atoms with Crippen LogP contribution in [0.25, 0.3) is 5.57 Å². The molecule has 2 aromatic carbocycles. The van der Waals surface area contributed by atoms with E-state index in [1.54, 1.807) is 0 Å². The smallest absolute Gasteiger partial charge is 0.322 e. The third-order valence-electron chi connectivity index (χ3n) is 4.43. The molecule has 2 aliphatic rings. The van der Waals surface area contributed by atoms with Crippen LogP contribution in [0.1, 0.15) is 12.0 Å². The van der Waals surface area contributed by atoms with E-state index in [9.17, 15) is 4.79 Å². The van der Waals surface area contributed by atoms with Crippen molar-refractivity contribution in [3.8, 4) is 11.5 Å². The van der Waals surface area contributed by atoms with E-state index in [1.807, 2.05) is 41.3 Å². The first kappa shape index (κ1) is 15.6. The van der Waals surface area contributed by atoms with Crippen molar-refractivity contribution in [2.75, 3.05) is 31.6 Å². The first-order chi connectivity index (χ1) is 12.3. The van der Waals surface area contributed by atoms with Crippen LogP contribution in [-0.2, 0) is 0 Å². The van der Waals surface area contributed by atoms with Crippen LogP contribution in [0.3, 0.4) is 0 Å². The van der Waals surface area contributed by atoms with Crippen molar-refractivity contribution in [2.24, 2.45) is 0 Å². The van der Waals surface area contributed by atoms with E-state index in [2.05, 4.69) is 23.5 Å². The third-order valence-corrected chi connectivity index (χ3v) is 4.43. The summed E-state index contributed by atoms with van der Waals surface area (Å²) in [5, 5.41) is 2.94. The number of hydrogen-bond acceptors (Lipinski definition) is 3. The predicted molar refractivity (Wildman–Crippen MR) is 97.1 cm³/mol. The summed E-state index contributed by atoms with van der Waals surface area (Å²) in [6.45, 7) is 2.41. The van der Waals surface area contributed by atoms with Crippen LogP contribution < -0.4 is 14.8 Å². The number of carbonyl (C=O) groups is 1. The lowest BCUT2D eigenvalue weighted by molar-refractivity contribution is 0.171. The lowest BCUT2D eigenvalue weighted by Gasteiger charge is -2.27. The van der Waals surface area contributed by atoms with Gasteiger partial charge in [0.2, 0.25) is 0 Å². The summed E-state index contributed by atoms with van der Waals surface area (Å²) in [6, 6.07) is 15.7. The minimum Gasteiger partial charge on any atom is -0.486 e. The van der Waals surface area contributed by atoms with E-state index in [-0.39, 0.29) is 6.03 Å². The Kier molecular flexibility index (Phi) is 4.29. The van der Waals surface area contributed by atoms with Crippen LogP contribution in [0, 0.1) is 0 Å². The maximum Gasteiger partial charge on any atom is 0.322 e. The summed E-state index contributed by atoms with van der Waals surface area (Å²) in [6.07, 6.45) is 2.99. The minimum atomic E-state index is -0.0972. The van der Waals surface area contributed by atoms with E-state index in [0.717, 1.165) is 12.2 Å². The van der Waals surface area contributed by atoms with Crippen LogP contribution >= 0.6 is 0 Å². The molecule has 0 unspecified atom stereocenters. The molecule has 0 fully saturated rings. The standard InChI is InChI=1S/C20H20N2O3/c23-20(21-17-6-7-18-19(14-17)25-13-12-24-18)22-10-8-16(9-11-22)15-4-2-1-3-5-15/h1-8,14H,9-13H2,(H,21,23). The number of rotatable bonds is 2. The average Bonchev–Trinajstić information content (AvgIpc) is 2.69. The van der Waals surface area contributed by atoms with Crippen molar-refractivity contribution >= 4 is 17.3 Å². The second-order valence-corrected chi connectivity index (χ2v) is 6.08. The average molecular weight is 336 g/mol. The van der Waals surface area contributed by atoms with Gasteiger partial charge in [0.15, 0.2) is 11.5 Å². The van der Waals surface area contributed by atoms with Gasteiger partial charge >= 0.3 is 6.03 Å². The molecule has 5 heteroatoms. The summed E-state index contributed by atoms with van der Waals surface area (Å²) in [5.41, 5.74) is 3.24. The number of benzene rings is 2. The number of urea groups is 1. The van der Waals surface area contributed by atoms with Crippen molar-refractivity contribution < 1.29 is 14.3 Å². The predicted octanol–water partition coefficient (Wildman–Crippen LogP) is 3.78. The second-order valence-electron chi connectivity index (χ2n) is 6.08. The molecule has 4 rings (SSSR count). The van der Waals surface area contributed by atoms with Crippen molar-refractivity contribution in [3.63, 3.8) is 0 Å². The zero-order chi connectivity index (χ0) is 17.1. The molecule has 0 atom stereocenters. The van der Waals surface area contributed by atoms with Crippen LogP contribution in [0.15, 0.2) is 54.6 Å². The Balaban J connectivity index is 1.40. The Morgan fingerprint density at radius 1 is 1.00 bits per heavy atom. The molecule has 2 heterocycles. The van der Waals surface area contributed by atoms with Crippen molar-refractivity contribution in [1.82, 2.24) is 4.90 Å². The zero-order valence-corrected chi connectivity index (χ0v) is 13.9. The van der Waals surface area contributed by atoms with Gasteiger partial charge in [-0.05, 0) is 29.7 Å². The minimum absolute atomic E-state index is 0.0972. The topological polar surface area (TPSA) is 50.8 Å². The Hall–Kier alpha value is -2.95. The molecule has 5 nitrogen and oxygen atoms in total. The van der Waals surface area contributed by atoms with Gasteiger partial charge in [-0.3, -0.25) is 0 Å². The summed E-state index contributed by atoms with van der Waals surface area (Å²) >= 11 is 0. The molecule has 0 bridgehead atoms. The Morgan fingerprint density at radius 3 is 2.56 bits per heavy atom. The highest BCUT2D eigenvalue weighted by molar-refractivity contribution is 5.90. The number of fused-ring (bicyclic) bond motifs is 1. The van der Waals surface area contributed by atoms with Crippen molar-refractivity contribution in [3.05, 3.63) is 60.2 Å². The summed E-state index contributed by atoms with van der Waals surface area (Å²) < 4.78 is 11.1. The lowest BCUT2D eigenvalue weighted by Crippen LogP contribution is -2.37. The molecule has 0 saturated heterocycles. The monoisotopic (exact) mass is 336 g/mol. The molecule has 2 amide bonds. The summed E-state index contributed by atoms with van der Waals surface area (Å²) in [4.78, 5) is 14.3. The van der Waals surface area contributed by atoms with Crippen LogP contribution in [-0.4, -0.2) is 37.2 Å². The third kappa shape index (κ3) is 3.45. The summed E-state index contributed by atoms with van der Waals surface area (Å²) in [5.74, 6) is 1.40. The van der Waals surface area contributed by atoms with Gasteiger partial charge in [-0.25, -0.2) is 4.79 Å². The van der Waals surface area contributed by atoms with Crippen molar-refractivity contribution in [2.45, 2.75) is 6.42 Å². The normalized spacial score (nSPS) is 16.2. The Morgan fingerprint density at radius 2 is 1.80 bits per heavy atom. The van der Waals surface area contributed by atoms with E-state index in [4.69, 9.17) is 9.47 Å². The molecular weight excluding hydrogens is 316 g/mol. The lowest BCUT2D eigenvalue weighted by atomic mass is 10.00. The number of nitrogens with one attached hydrogen (secondary N) is 1. The number of amides is 2. The van der Waals surface area contributed by atoms with E-state index in [1.165, 1.54) is 11.1 Å². The highest BCUT2D eigenvalue weighted by atomic mass is 16.6. The number of anilines is 1. The van der Waals surface area contributed by atoms with E-state index in [0.29, 0.717) is 37.7 Å². The highest BCUT2D eigenvalue weighted by Crippen LogP contribution is 2.32. The SMILES string of the molecule is O=C(Nc1ccc2c(c1)OCCO2)N1CC=C(c2ccccc2)CC1. The van der Waals surface area contributed by atoms with Crippen LogP contribution in [0.2, 0.25) is 0 Å². The highest BCUT2D eigenvalue weighted by Gasteiger charge is 2.19. The van der Waals surface area contributed by atoms with Gasteiger partial charge in [0.05, 0.1) is 0 Å². The maximum atomic E-state index is 12.5. The molecule has 2 aliphatic heterocycles. The first-order valence-corrected chi connectivity index (χ1v) is 8.49. The molecule has 0 aromatic heterocycles. The molecule has 0 spiro atoms. The quantitative estimate of drug-likeness (QED) is 0.908. The fourth-order valence-electron chi connectivity index (χ4n) is 3.09. The largest absolute Gasteiger partial charge is 0.486 e. The Bertz CT molecular complexity index is 802. The van der Waals surface area contributed by atoms with E-state index >= 15 is 0 Å². The zero-order valence-electron chi connectivity index (χ0n) is 13.9. The molecule has 128 valence electrons. The molecule has 2 aromatic rings. The molecule has 25 heavy (non-hydrogen) atoms. The van der Waals surface area contributed by atoms with Gasteiger partial charge in [-0.1, -0.05) is 36.4 Å². The van der Waals surface area contributed by atoms with Gasteiger partial charge in [0, 0.05) is 24.8 Å². The second kappa shape index (κ2) is 6.89. The number of nitrogens with zero attached hydrogens (tertiary/aromatic N) is 1. The fraction of sp³-hybridized carbons (Fsp3) is 0.250. The van der Waals surface area contributed by atoms with E-state index < -0.39 is 0 Å².